The highest BCUT2D eigenvalue weighted by molar-refractivity contribution is 5.83. The number of aliphatic carboxylic acids is 1. The summed E-state index contributed by atoms with van der Waals surface area (Å²) in [5.74, 6) is -0.817. The lowest BCUT2D eigenvalue weighted by Gasteiger charge is -2.40. The standard InChI is InChI=1S/C16H28N2O3/c1-11-7-6-8-12(2)18(11)16(21)17-14(15(19)20)13-9-4-3-5-10-13/h11-14H,3-10H2,1-2H3,(H,17,21)(H,19,20). The molecule has 2 amide bonds. The third-order valence-electron chi connectivity index (χ3n) is 5.09. The highest BCUT2D eigenvalue weighted by Gasteiger charge is 2.35. The first-order valence-corrected chi connectivity index (χ1v) is 8.32. The molecule has 2 aliphatic rings. The smallest absolute Gasteiger partial charge is 0.326 e. The van der Waals surface area contributed by atoms with E-state index in [-0.39, 0.29) is 24.0 Å². The first kappa shape index (κ1) is 16.1. The molecule has 0 aromatic carbocycles. The maximum Gasteiger partial charge on any atom is 0.326 e. The Morgan fingerprint density at radius 1 is 1.00 bits per heavy atom. The molecule has 5 nitrogen and oxygen atoms in total. The van der Waals surface area contributed by atoms with Crippen molar-refractivity contribution >= 4 is 12.0 Å². The summed E-state index contributed by atoms with van der Waals surface area (Å²) in [4.78, 5) is 25.9. The predicted octanol–water partition coefficient (Wildman–Crippen LogP) is 2.99. The first-order chi connectivity index (χ1) is 10.0. The molecule has 0 radical (unpaired) electrons. The summed E-state index contributed by atoms with van der Waals surface area (Å²) in [6.07, 6.45) is 8.26. The zero-order valence-corrected chi connectivity index (χ0v) is 13.2. The van der Waals surface area contributed by atoms with Crippen LogP contribution in [-0.2, 0) is 4.79 Å². The number of nitrogens with zero attached hydrogens (tertiary/aromatic N) is 1. The second-order valence-corrected chi connectivity index (χ2v) is 6.70. The van der Waals surface area contributed by atoms with Crippen LogP contribution in [0, 0.1) is 5.92 Å². The van der Waals surface area contributed by atoms with Crippen LogP contribution in [0.5, 0.6) is 0 Å². The number of amides is 2. The second-order valence-electron chi connectivity index (χ2n) is 6.70. The normalized spacial score (nSPS) is 29.0. The van der Waals surface area contributed by atoms with E-state index in [1.807, 2.05) is 18.7 Å². The number of hydrogen-bond donors (Lipinski definition) is 2. The Kier molecular flexibility index (Phi) is 5.48. The monoisotopic (exact) mass is 296 g/mol. The molecule has 2 fully saturated rings. The fourth-order valence-electron chi connectivity index (χ4n) is 3.88. The molecule has 120 valence electrons. The van der Waals surface area contributed by atoms with Gasteiger partial charge in [0.25, 0.3) is 0 Å². The summed E-state index contributed by atoms with van der Waals surface area (Å²) in [6.45, 7) is 4.09. The lowest BCUT2D eigenvalue weighted by atomic mass is 9.84. The van der Waals surface area contributed by atoms with Crippen molar-refractivity contribution in [3.05, 3.63) is 0 Å². The number of carboxylic acid groups (broad SMARTS) is 1. The Balaban J connectivity index is 2.01. The minimum Gasteiger partial charge on any atom is -0.480 e. The number of rotatable bonds is 3. The van der Waals surface area contributed by atoms with Crippen molar-refractivity contribution in [3.63, 3.8) is 0 Å². The van der Waals surface area contributed by atoms with Crippen molar-refractivity contribution in [2.75, 3.05) is 0 Å². The number of carboxylic acids is 1. The molecule has 21 heavy (non-hydrogen) atoms. The van der Waals surface area contributed by atoms with Crippen LogP contribution in [0.1, 0.15) is 65.2 Å². The van der Waals surface area contributed by atoms with E-state index in [1.54, 1.807) is 0 Å². The number of urea groups is 1. The van der Waals surface area contributed by atoms with Crippen LogP contribution in [0.3, 0.4) is 0 Å². The average Bonchev–Trinajstić information content (AvgIpc) is 2.45. The largest absolute Gasteiger partial charge is 0.480 e. The van der Waals surface area contributed by atoms with Gasteiger partial charge in [-0.3, -0.25) is 0 Å². The van der Waals surface area contributed by atoms with E-state index in [4.69, 9.17) is 0 Å². The molecule has 5 heteroatoms. The SMILES string of the molecule is CC1CCCC(C)N1C(=O)NC(C(=O)O)C1CCCCC1. The Hall–Kier alpha value is -1.26. The number of likely N-dealkylation sites (tertiary alicyclic amines) is 1. The Morgan fingerprint density at radius 3 is 2.10 bits per heavy atom. The molecule has 0 bridgehead atoms. The summed E-state index contributed by atoms with van der Waals surface area (Å²) >= 11 is 0. The summed E-state index contributed by atoms with van der Waals surface area (Å²) in [5, 5.41) is 12.3. The summed E-state index contributed by atoms with van der Waals surface area (Å²) < 4.78 is 0. The van der Waals surface area contributed by atoms with Crippen LogP contribution < -0.4 is 5.32 Å². The van der Waals surface area contributed by atoms with Crippen molar-refractivity contribution in [3.8, 4) is 0 Å². The third kappa shape index (κ3) is 3.89. The van der Waals surface area contributed by atoms with Crippen molar-refractivity contribution in [2.24, 2.45) is 5.92 Å². The van der Waals surface area contributed by atoms with E-state index in [2.05, 4.69) is 5.32 Å². The molecule has 1 saturated carbocycles. The van der Waals surface area contributed by atoms with Gasteiger partial charge in [0.2, 0.25) is 0 Å². The third-order valence-corrected chi connectivity index (χ3v) is 5.09. The number of nitrogens with one attached hydrogen (secondary N) is 1. The van der Waals surface area contributed by atoms with Crippen LogP contribution in [0.2, 0.25) is 0 Å². The molecule has 3 unspecified atom stereocenters. The topological polar surface area (TPSA) is 69.6 Å². The highest BCUT2D eigenvalue weighted by Crippen LogP contribution is 2.28. The summed E-state index contributed by atoms with van der Waals surface area (Å²) in [7, 11) is 0. The number of carbonyl (C=O) groups excluding carboxylic acids is 1. The fraction of sp³-hybridized carbons (Fsp3) is 0.875. The van der Waals surface area contributed by atoms with Gasteiger partial charge < -0.3 is 15.3 Å². The number of hydrogen-bond acceptors (Lipinski definition) is 2. The molecule has 1 saturated heterocycles. The molecule has 1 aliphatic heterocycles. The van der Waals surface area contributed by atoms with Gasteiger partial charge in [0.05, 0.1) is 0 Å². The first-order valence-electron chi connectivity index (χ1n) is 8.32. The molecular formula is C16H28N2O3. The molecule has 0 aromatic rings. The van der Waals surface area contributed by atoms with Gasteiger partial charge in [0.15, 0.2) is 0 Å². The average molecular weight is 296 g/mol. The predicted molar refractivity (Wildman–Crippen MR) is 81.1 cm³/mol. The Labute approximate surface area is 127 Å². The van der Waals surface area contributed by atoms with Gasteiger partial charge in [0, 0.05) is 12.1 Å². The minimum atomic E-state index is -0.896. The van der Waals surface area contributed by atoms with Gasteiger partial charge >= 0.3 is 12.0 Å². The van der Waals surface area contributed by atoms with Gasteiger partial charge in [0.1, 0.15) is 6.04 Å². The molecule has 0 spiro atoms. The molecule has 3 atom stereocenters. The molecule has 1 heterocycles. The highest BCUT2D eigenvalue weighted by atomic mass is 16.4. The summed E-state index contributed by atoms with van der Waals surface area (Å²) in [5.41, 5.74) is 0. The van der Waals surface area contributed by atoms with Crippen LogP contribution >= 0.6 is 0 Å². The van der Waals surface area contributed by atoms with E-state index in [9.17, 15) is 14.7 Å². The van der Waals surface area contributed by atoms with E-state index in [1.165, 1.54) is 6.42 Å². The van der Waals surface area contributed by atoms with Crippen LogP contribution in [0.15, 0.2) is 0 Å². The molecule has 2 N–H and O–H groups in total. The molecular weight excluding hydrogens is 268 g/mol. The molecule has 2 rings (SSSR count). The number of carbonyl (C=O) groups is 2. The molecule has 0 aromatic heterocycles. The fourth-order valence-corrected chi connectivity index (χ4v) is 3.88. The zero-order chi connectivity index (χ0) is 15.4. The van der Waals surface area contributed by atoms with E-state index < -0.39 is 12.0 Å². The summed E-state index contributed by atoms with van der Waals surface area (Å²) in [6, 6.07) is -0.559. The maximum atomic E-state index is 12.5. The zero-order valence-electron chi connectivity index (χ0n) is 13.2. The van der Waals surface area contributed by atoms with E-state index >= 15 is 0 Å². The molecule has 1 aliphatic carbocycles. The second kappa shape index (κ2) is 7.14. The van der Waals surface area contributed by atoms with Crippen molar-refractivity contribution in [1.29, 1.82) is 0 Å². The lowest BCUT2D eigenvalue weighted by Crippen LogP contribution is -2.56. The maximum absolute atomic E-state index is 12.5. The minimum absolute atomic E-state index is 0.0793. The Bertz CT molecular complexity index is 370. The number of piperidine rings is 1. The van der Waals surface area contributed by atoms with Crippen molar-refractivity contribution < 1.29 is 14.7 Å². The van der Waals surface area contributed by atoms with Gasteiger partial charge in [-0.2, -0.15) is 0 Å². The van der Waals surface area contributed by atoms with Gasteiger partial charge in [-0.1, -0.05) is 19.3 Å². The van der Waals surface area contributed by atoms with Crippen molar-refractivity contribution in [2.45, 2.75) is 83.3 Å². The van der Waals surface area contributed by atoms with E-state index in [0.717, 1.165) is 44.9 Å². The van der Waals surface area contributed by atoms with Gasteiger partial charge in [-0.05, 0) is 51.9 Å². The Morgan fingerprint density at radius 2 is 1.57 bits per heavy atom. The van der Waals surface area contributed by atoms with Gasteiger partial charge in [-0.25, -0.2) is 9.59 Å². The quantitative estimate of drug-likeness (QED) is 0.841. The van der Waals surface area contributed by atoms with Crippen LogP contribution in [-0.4, -0.2) is 40.1 Å². The van der Waals surface area contributed by atoms with Crippen LogP contribution in [0.25, 0.3) is 0 Å². The van der Waals surface area contributed by atoms with Gasteiger partial charge in [-0.15, -0.1) is 0 Å². The van der Waals surface area contributed by atoms with Crippen LogP contribution in [0.4, 0.5) is 4.79 Å². The lowest BCUT2D eigenvalue weighted by molar-refractivity contribution is -0.141. The van der Waals surface area contributed by atoms with Crippen molar-refractivity contribution in [1.82, 2.24) is 10.2 Å². The van der Waals surface area contributed by atoms with E-state index in [0.29, 0.717) is 0 Å².